The van der Waals surface area contributed by atoms with E-state index in [0.717, 1.165) is 18.3 Å². The minimum absolute atomic E-state index is 0.235. The zero-order valence-corrected chi connectivity index (χ0v) is 11.6. The number of hydrogen-bond acceptors (Lipinski definition) is 2. The van der Waals surface area contributed by atoms with Gasteiger partial charge in [-0.15, -0.1) is 0 Å². The van der Waals surface area contributed by atoms with Gasteiger partial charge < -0.3 is 9.31 Å². The zero-order valence-electron chi connectivity index (χ0n) is 11.6. The predicted molar refractivity (Wildman–Crippen MR) is 73.9 cm³/mol. The van der Waals surface area contributed by atoms with Gasteiger partial charge in [-0.3, -0.25) is 0 Å². The molecule has 0 saturated carbocycles. The molecule has 0 aromatic heterocycles. The number of hydrogen-bond donors (Lipinski definition) is 0. The number of aryl methyl sites for hydroxylation is 1. The van der Waals surface area contributed by atoms with E-state index >= 15 is 0 Å². The van der Waals surface area contributed by atoms with Gasteiger partial charge >= 0.3 is 7.12 Å². The van der Waals surface area contributed by atoms with Gasteiger partial charge in [-0.1, -0.05) is 18.2 Å². The Hall–Kier alpha value is -0.795. The maximum Gasteiger partial charge on any atom is 0.494 e. The van der Waals surface area contributed by atoms with Crippen molar-refractivity contribution in [1.29, 1.82) is 0 Å². The Morgan fingerprint density at radius 2 is 1.72 bits per heavy atom. The third kappa shape index (κ3) is 1.81. The average molecular weight is 243 g/mol. The van der Waals surface area contributed by atoms with Crippen LogP contribution < -0.4 is 5.46 Å². The number of rotatable bonds is 1. The van der Waals surface area contributed by atoms with Crippen LogP contribution in [-0.2, 0) is 15.7 Å². The second-order valence-electron chi connectivity index (χ2n) is 6.29. The predicted octanol–water partition coefficient (Wildman–Crippen LogP) is 2.48. The Morgan fingerprint density at radius 1 is 1.06 bits per heavy atom. The molecule has 0 unspecified atom stereocenters. The average Bonchev–Trinajstić information content (AvgIpc) is 2.80. The third-order valence-corrected chi connectivity index (χ3v) is 4.47. The molecule has 18 heavy (non-hydrogen) atoms. The lowest BCUT2D eigenvalue weighted by Gasteiger charge is -2.32. The first-order valence-electron chi connectivity index (χ1n) is 6.71. The van der Waals surface area contributed by atoms with Crippen LogP contribution in [0, 0.1) is 6.42 Å². The first-order valence-corrected chi connectivity index (χ1v) is 6.71. The molecule has 0 atom stereocenters. The van der Waals surface area contributed by atoms with Crippen molar-refractivity contribution >= 4 is 12.6 Å². The van der Waals surface area contributed by atoms with Crippen LogP contribution >= 0.6 is 0 Å². The highest BCUT2D eigenvalue weighted by atomic mass is 16.7. The summed E-state index contributed by atoms with van der Waals surface area (Å²) in [6.07, 6.45) is 4.59. The molecule has 0 amide bonds. The van der Waals surface area contributed by atoms with Crippen molar-refractivity contribution in [2.24, 2.45) is 0 Å². The molecule has 1 heterocycles. The molecule has 1 saturated heterocycles. The third-order valence-electron chi connectivity index (χ3n) is 4.47. The van der Waals surface area contributed by atoms with E-state index in [1.54, 1.807) is 0 Å². The highest BCUT2D eigenvalue weighted by Crippen LogP contribution is 2.36. The van der Waals surface area contributed by atoms with Crippen molar-refractivity contribution in [2.45, 2.75) is 51.7 Å². The Labute approximate surface area is 110 Å². The minimum atomic E-state index is -0.261. The molecule has 2 aliphatic rings. The summed E-state index contributed by atoms with van der Waals surface area (Å²) < 4.78 is 12.2. The van der Waals surface area contributed by atoms with Crippen LogP contribution in [0.1, 0.15) is 45.2 Å². The fourth-order valence-corrected chi connectivity index (χ4v) is 2.55. The molecule has 0 N–H and O–H groups in total. The van der Waals surface area contributed by atoms with Gasteiger partial charge in [0.15, 0.2) is 0 Å². The molecule has 0 bridgehead atoms. The first-order chi connectivity index (χ1) is 8.39. The Kier molecular flexibility index (Phi) is 2.62. The first kappa shape index (κ1) is 12.2. The van der Waals surface area contributed by atoms with Crippen LogP contribution in [-0.4, -0.2) is 18.3 Å². The molecule has 3 heteroatoms. The van der Waals surface area contributed by atoms with Crippen LogP contribution in [0.4, 0.5) is 0 Å². The lowest BCUT2D eigenvalue weighted by Crippen LogP contribution is -2.41. The number of benzene rings is 1. The summed E-state index contributed by atoms with van der Waals surface area (Å²) in [5.41, 5.74) is 3.41. The van der Waals surface area contributed by atoms with Crippen molar-refractivity contribution in [3.63, 3.8) is 0 Å². The van der Waals surface area contributed by atoms with Crippen LogP contribution in [0.5, 0.6) is 0 Å². The summed E-state index contributed by atoms with van der Waals surface area (Å²) in [7, 11) is -0.235. The van der Waals surface area contributed by atoms with Gasteiger partial charge in [0, 0.05) is 0 Å². The monoisotopic (exact) mass is 243 g/mol. The zero-order chi connectivity index (χ0) is 13.0. The normalized spacial score (nSPS) is 24.3. The van der Waals surface area contributed by atoms with Crippen LogP contribution in [0.25, 0.3) is 0 Å². The lowest BCUT2D eigenvalue weighted by molar-refractivity contribution is 0.00578. The van der Waals surface area contributed by atoms with Crippen molar-refractivity contribution in [3.05, 3.63) is 35.7 Å². The summed E-state index contributed by atoms with van der Waals surface area (Å²) in [5, 5.41) is 0. The molecule has 1 fully saturated rings. The molecular formula is C15H20BO2. The minimum Gasteiger partial charge on any atom is -0.399 e. The summed E-state index contributed by atoms with van der Waals surface area (Å²) in [5.74, 6) is 0. The number of fused-ring (bicyclic) bond motifs is 1. The molecule has 1 aliphatic heterocycles. The fraction of sp³-hybridized carbons (Fsp3) is 0.533. The largest absolute Gasteiger partial charge is 0.494 e. The molecule has 2 nitrogen and oxygen atoms in total. The van der Waals surface area contributed by atoms with Gasteiger partial charge in [-0.25, -0.2) is 0 Å². The van der Waals surface area contributed by atoms with Gasteiger partial charge in [-0.05, 0) is 63.5 Å². The highest BCUT2D eigenvalue weighted by molar-refractivity contribution is 6.62. The van der Waals surface area contributed by atoms with Gasteiger partial charge in [-0.2, -0.15) is 0 Å². The van der Waals surface area contributed by atoms with Crippen molar-refractivity contribution in [2.75, 3.05) is 0 Å². The summed E-state index contributed by atoms with van der Waals surface area (Å²) >= 11 is 0. The van der Waals surface area contributed by atoms with E-state index < -0.39 is 0 Å². The van der Waals surface area contributed by atoms with E-state index in [1.807, 2.05) is 0 Å². The van der Waals surface area contributed by atoms with Crippen molar-refractivity contribution in [1.82, 2.24) is 0 Å². The summed E-state index contributed by atoms with van der Waals surface area (Å²) in [6.45, 7) is 8.37. The SMILES string of the molecule is CC1(C)OB(c2ccc3c(c2)CC[CH]3)OC1(C)C. The molecule has 1 aromatic rings. The van der Waals surface area contributed by atoms with Gasteiger partial charge in [0.2, 0.25) is 0 Å². The molecular weight excluding hydrogens is 223 g/mol. The van der Waals surface area contributed by atoms with E-state index in [1.165, 1.54) is 11.1 Å². The van der Waals surface area contributed by atoms with Crippen LogP contribution in [0.15, 0.2) is 18.2 Å². The quantitative estimate of drug-likeness (QED) is 0.705. The molecule has 1 aliphatic carbocycles. The van der Waals surface area contributed by atoms with E-state index in [4.69, 9.17) is 9.31 Å². The highest BCUT2D eigenvalue weighted by Gasteiger charge is 2.51. The molecule has 1 aromatic carbocycles. The maximum absolute atomic E-state index is 6.08. The Bertz CT molecular complexity index is 463. The van der Waals surface area contributed by atoms with E-state index in [2.05, 4.69) is 52.3 Å². The van der Waals surface area contributed by atoms with Gasteiger partial charge in [0.25, 0.3) is 0 Å². The fourth-order valence-electron chi connectivity index (χ4n) is 2.55. The topological polar surface area (TPSA) is 18.5 Å². The lowest BCUT2D eigenvalue weighted by atomic mass is 9.78. The van der Waals surface area contributed by atoms with Crippen LogP contribution in [0.3, 0.4) is 0 Å². The van der Waals surface area contributed by atoms with E-state index in [0.29, 0.717) is 0 Å². The van der Waals surface area contributed by atoms with E-state index in [9.17, 15) is 0 Å². The van der Waals surface area contributed by atoms with Crippen molar-refractivity contribution in [3.8, 4) is 0 Å². The van der Waals surface area contributed by atoms with Crippen LogP contribution in [0.2, 0.25) is 0 Å². The smallest absolute Gasteiger partial charge is 0.399 e. The maximum atomic E-state index is 6.08. The molecule has 0 spiro atoms. The van der Waals surface area contributed by atoms with E-state index in [-0.39, 0.29) is 18.3 Å². The second kappa shape index (κ2) is 3.85. The Balaban J connectivity index is 1.89. The van der Waals surface area contributed by atoms with Gasteiger partial charge in [0.1, 0.15) is 0 Å². The molecule has 95 valence electrons. The van der Waals surface area contributed by atoms with Gasteiger partial charge in [0.05, 0.1) is 11.2 Å². The second-order valence-corrected chi connectivity index (χ2v) is 6.29. The summed E-state index contributed by atoms with van der Waals surface area (Å²) in [6, 6.07) is 6.55. The Morgan fingerprint density at radius 3 is 2.39 bits per heavy atom. The standard InChI is InChI=1S/C15H20BO2/c1-14(2)15(3,4)18-16(17-14)13-9-8-11-6-5-7-12(11)10-13/h6,8-10H,5,7H2,1-4H3. The van der Waals surface area contributed by atoms with Crippen molar-refractivity contribution < 1.29 is 9.31 Å². The molecule has 3 rings (SSSR count). The molecule has 1 radical (unpaired) electrons. The summed E-state index contributed by atoms with van der Waals surface area (Å²) in [4.78, 5) is 0.